The van der Waals surface area contributed by atoms with Gasteiger partial charge < -0.3 is 10.3 Å². The van der Waals surface area contributed by atoms with Gasteiger partial charge in [0.2, 0.25) is 0 Å². The molecule has 1 heterocycles. The Hall–Kier alpha value is -0.880. The lowest BCUT2D eigenvalue weighted by atomic mass is 9.49. The molecule has 4 saturated carbocycles. The standard InChI is InChI=1S/C17H27N3O2S/c18-1-4-23(21,22)11-16-19-2-3-20(16)12-17-8-13-5-14(9-17)7-15(6-13)10-17/h2-3,13-15H,1,4-12,18H2. The van der Waals surface area contributed by atoms with Crippen LogP contribution in [-0.2, 0) is 22.1 Å². The van der Waals surface area contributed by atoms with Crippen LogP contribution in [0.5, 0.6) is 0 Å². The van der Waals surface area contributed by atoms with E-state index in [4.69, 9.17) is 5.73 Å². The largest absolute Gasteiger partial charge is 0.334 e. The quantitative estimate of drug-likeness (QED) is 0.861. The summed E-state index contributed by atoms with van der Waals surface area (Å²) in [5.41, 5.74) is 5.80. The molecular weight excluding hydrogens is 310 g/mol. The van der Waals surface area contributed by atoms with Crippen LogP contribution in [-0.4, -0.2) is 30.3 Å². The molecule has 6 heteroatoms. The molecule has 5 nitrogen and oxygen atoms in total. The van der Waals surface area contributed by atoms with E-state index in [0.717, 1.165) is 24.3 Å². The van der Waals surface area contributed by atoms with Gasteiger partial charge in [-0.25, -0.2) is 13.4 Å². The first kappa shape index (κ1) is 15.6. The van der Waals surface area contributed by atoms with E-state index in [1.54, 1.807) is 6.20 Å². The Morgan fingerprint density at radius 2 is 1.78 bits per heavy atom. The molecule has 0 radical (unpaired) electrons. The second-order valence-corrected chi connectivity index (χ2v) is 10.5. The van der Waals surface area contributed by atoms with Crippen molar-refractivity contribution >= 4 is 9.84 Å². The van der Waals surface area contributed by atoms with Crippen LogP contribution in [0, 0.1) is 23.2 Å². The van der Waals surface area contributed by atoms with E-state index in [2.05, 4.69) is 9.55 Å². The zero-order valence-corrected chi connectivity index (χ0v) is 14.5. The minimum atomic E-state index is -3.15. The Labute approximate surface area is 138 Å². The number of nitrogens with two attached hydrogens (primary N) is 1. The first-order chi connectivity index (χ1) is 11.0. The van der Waals surface area contributed by atoms with E-state index in [1.165, 1.54) is 38.5 Å². The fraction of sp³-hybridized carbons (Fsp3) is 0.824. The Morgan fingerprint density at radius 1 is 1.17 bits per heavy atom. The van der Waals surface area contributed by atoms with Crippen LogP contribution in [0.15, 0.2) is 12.4 Å². The minimum absolute atomic E-state index is 0.0174. The van der Waals surface area contributed by atoms with Crippen LogP contribution in [0.2, 0.25) is 0 Å². The molecule has 1 aromatic rings. The second-order valence-electron chi connectivity index (χ2n) is 8.27. The molecule has 0 spiro atoms. The van der Waals surface area contributed by atoms with E-state index in [0.29, 0.717) is 11.2 Å². The Kier molecular flexibility index (Phi) is 3.80. The maximum Gasteiger partial charge on any atom is 0.158 e. The highest BCUT2D eigenvalue weighted by Gasteiger charge is 2.50. The Bertz CT molecular complexity index is 644. The van der Waals surface area contributed by atoms with Crippen molar-refractivity contribution in [2.75, 3.05) is 12.3 Å². The molecule has 4 fully saturated rings. The fourth-order valence-corrected chi connectivity index (χ4v) is 7.05. The molecule has 0 aromatic carbocycles. The molecule has 0 atom stereocenters. The molecule has 4 aliphatic carbocycles. The van der Waals surface area contributed by atoms with Gasteiger partial charge in [0.25, 0.3) is 0 Å². The van der Waals surface area contributed by atoms with E-state index in [-0.39, 0.29) is 18.1 Å². The van der Waals surface area contributed by atoms with Crippen molar-refractivity contribution < 1.29 is 8.42 Å². The number of rotatable bonds is 6. The highest BCUT2D eigenvalue weighted by molar-refractivity contribution is 7.90. The number of sulfone groups is 1. The zero-order chi connectivity index (χ0) is 16.1. The summed E-state index contributed by atoms with van der Waals surface area (Å²) in [6, 6.07) is 0. The van der Waals surface area contributed by atoms with E-state index in [1.807, 2.05) is 6.20 Å². The molecular formula is C17H27N3O2S. The van der Waals surface area contributed by atoms with Gasteiger partial charge in [-0.3, -0.25) is 0 Å². The van der Waals surface area contributed by atoms with Crippen molar-refractivity contribution in [3.63, 3.8) is 0 Å². The third-order valence-corrected chi connectivity index (χ3v) is 7.81. The van der Waals surface area contributed by atoms with Gasteiger partial charge in [-0.05, 0) is 61.7 Å². The smallest absolute Gasteiger partial charge is 0.158 e. The number of imidazole rings is 1. The maximum absolute atomic E-state index is 12.1. The summed E-state index contributed by atoms with van der Waals surface area (Å²) in [6.07, 6.45) is 12.0. The summed E-state index contributed by atoms with van der Waals surface area (Å²) < 4.78 is 26.3. The summed E-state index contributed by atoms with van der Waals surface area (Å²) in [5, 5.41) is 0. The highest BCUT2D eigenvalue weighted by Crippen LogP contribution is 2.60. The molecule has 128 valence electrons. The molecule has 1 aromatic heterocycles. The minimum Gasteiger partial charge on any atom is -0.334 e. The lowest BCUT2D eigenvalue weighted by molar-refractivity contribution is -0.0621. The lowest BCUT2D eigenvalue weighted by Gasteiger charge is -2.57. The van der Waals surface area contributed by atoms with Crippen molar-refractivity contribution in [1.29, 1.82) is 0 Å². The van der Waals surface area contributed by atoms with Crippen molar-refractivity contribution in [2.24, 2.45) is 28.9 Å². The predicted octanol–water partition coefficient (Wildman–Crippen LogP) is 1.97. The molecule has 0 amide bonds. The zero-order valence-electron chi connectivity index (χ0n) is 13.7. The first-order valence-electron chi connectivity index (χ1n) is 8.87. The molecule has 0 saturated heterocycles. The summed E-state index contributed by atoms with van der Waals surface area (Å²) in [5.74, 6) is 3.48. The summed E-state index contributed by atoms with van der Waals surface area (Å²) in [6.45, 7) is 1.13. The average Bonchev–Trinajstić information content (AvgIpc) is 2.82. The summed E-state index contributed by atoms with van der Waals surface area (Å²) >= 11 is 0. The number of nitrogens with zero attached hydrogens (tertiary/aromatic N) is 2. The first-order valence-corrected chi connectivity index (χ1v) is 10.7. The van der Waals surface area contributed by atoms with Crippen molar-refractivity contribution in [1.82, 2.24) is 9.55 Å². The number of hydrogen-bond acceptors (Lipinski definition) is 4. The van der Waals surface area contributed by atoms with Gasteiger partial charge >= 0.3 is 0 Å². The summed E-state index contributed by atoms with van der Waals surface area (Å²) in [7, 11) is -3.15. The molecule has 4 aliphatic rings. The van der Waals surface area contributed by atoms with Gasteiger partial charge in [0, 0.05) is 25.5 Å². The lowest BCUT2D eigenvalue weighted by Crippen LogP contribution is -2.48. The maximum atomic E-state index is 12.1. The SMILES string of the molecule is NCCS(=O)(=O)Cc1nccn1CC12CC3CC(CC(C3)C1)C2. The molecule has 0 aliphatic heterocycles. The third kappa shape index (κ3) is 3.07. The third-order valence-electron chi connectivity index (χ3n) is 6.25. The average molecular weight is 337 g/mol. The van der Waals surface area contributed by atoms with E-state index < -0.39 is 9.84 Å². The van der Waals surface area contributed by atoms with Crippen molar-refractivity contribution in [3.05, 3.63) is 18.2 Å². The Balaban J connectivity index is 1.53. The van der Waals surface area contributed by atoms with Gasteiger partial charge in [-0.1, -0.05) is 0 Å². The predicted molar refractivity (Wildman–Crippen MR) is 89.4 cm³/mol. The van der Waals surface area contributed by atoms with Gasteiger partial charge in [-0.2, -0.15) is 0 Å². The summed E-state index contributed by atoms with van der Waals surface area (Å²) in [4.78, 5) is 4.32. The van der Waals surface area contributed by atoms with Gasteiger partial charge in [0.05, 0.1) is 5.75 Å². The second kappa shape index (κ2) is 5.59. The monoisotopic (exact) mass is 337 g/mol. The molecule has 2 N–H and O–H groups in total. The van der Waals surface area contributed by atoms with Crippen LogP contribution >= 0.6 is 0 Å². The highest BCUT2D eigenvalue weighted by atomic mass is 32.2. The van der Waals surface area contributed by atoms with Crippen LogP contribution in [0.1, 0.15) is 44.3 Å². The normalized spacial score (nSPS) is 35.8. The van der Waals surface area contributed by atoms with Crippen LogP contribution in [0.25, 0.3) is 0 Å². The molecule has 0 unspecified atom stereocenters. The molecule has 5 rings (SSSR count). The van der Waals surface area contributed by atoms with Crippen LogP contribution in [0.4, 0.5) is 0 Å². The topological polar surface area (TPSA) is 78.0 Å². The van der Waals surface area contributed by atoms with E-state index in [9.17, 15) is 8.42 Å². The number of aromatic nitrogens is 2. The number of hydrogen-bond donors (Lipinski definition) is 1. The van der Waals surface area contributed by atoms with Crippen LogP contribution in [0.3, 0.4) is 0 Å². The van der Waals surface area contributed by atoms with Gasteiger partial charge in [0.1, 0.15) is 11.6 Å². The molecule has 23 heavy (non-hydrogen) atoms. The van der Waals surface area contributed by atoms with Gasteiger partial charge in [0.15, 0.2) is 9.84 Å². The fourth-order valence-electron chi connectivity index (χ4n) is 5.92. The van der Waals surface area contributed by atoms with Crippen molar-refractivity contribution in [3.8, 4) is 0 Å². The molecule has 4 bridgehead atoms. The van der Waals surface area contributed by atoms with E-state index >= 15 is 0 Å². The Morgan fingerprint density at radius 3 is 2.35 bits per heavy atom. The van der Waals surface area contributed by atoms with Gasteiger partial charge in [-0.15, -0.1) is 0 Å². The van der Waals surface area contributed by atoms with Crippen LogP contribution < -0.4 is 5.73 Å². The van der Waals surface area contributed by atoms with Crippen molar-refractivity contribution in [2.45, 2.75) is 50.8 Å².